The van der Waals surface area contributed by atoms with Crippen LogP contribution in [0.2, 0.25) is 16.6 Å². The lowest BCUT2D eigenvalue weighted by Crippen LogP contribution is -2.46. The lowest BCUT2D eigenvalue weighted by atomic mass is 9.95. The van der Waals surface area contributed by atoms with Gasteiger partial charge in [0, 0.05) is 43.7 Å². The number of carbonyl (C=O) groups excluding carboxylic acids is 1. The van der Waals surface area contributed by atoms with Crippen molar-refractivity contribution in [2.75, 3.05) is 38.2 Å². The van der Waals surface area contributed by atoms with Crippen LogP contribution >= 0.6 is 0 Å². The molecule has 0 spiro atoms. The highest BCUT2D eigenvalue weighted by Gasteiger charge is 2.50. The second-order valence-corrected chi connectivity index (χ2v) is 24.8. The van der Waals surface area contributed by atoms with Crippen LogP contribution in [0.15, 0.2) is 49.2 Å². The lowest BCUT2D eigenvalue weighted by Gasteiger charge is -2.38. The molecule has 0 unspecified atom stereocenters. The Morgan fingerprint density at radius 1 is 1.08 bits per heavy atom. The summed E-state index contributed by atoms with van der Waals surface area (Å²) in [7, 11) is -0.431. The largest absolute Gasteiger partial charge is 0.461 e. The van der Waals surface area contributed by atoms with Crippen LogP contribution in [0.5, 0.6) is 6.01 Å². The molecule has 0 N–H and O–H groups in total. The summed E-state index contributed by atoms with van der Waals surface area (Å²) in [5.41, 5.74) is 4.03. The van der Waals surface area contributed by atoms with E-state index < -0.39 is 49.2 Å². The molecule has 7 rings (SSSR count). The number of anilines is 1. The molecule has 0 bridgehead atoms. The Labute approximate surface area is 360 Å². The van der Waals surface area contributed by atoms with E-state index in [9.17, 15) is 9.18 Å². The summed E-state index contributed by atoms with van der Waals surface area (Å²) in [5, 5.41) is 1.51. The van der Waals surface area contributed by atoms with Crippen LogP contribution in [0.3, 0.4) is 0 Å². The second kappa shape index (κ2) is 16.9. The van der Waals surface area contributed by atoms with Crippen molar-refractivity contribution in [2.24, 2.45) is 0 Å². The molecule has 4 atom stereocenters. The molecule has 3 fully saturated rings. The van der Waals surface area contributed by atoms with E-state index in [0.29, 0.717) is 70.1 Å². The van der Waals surface area contributed by atoms with Gasteiger partial charge in [-0.25, -0.2) is 18.0 Å². The molecule has 0 aliphatic carbocycles. The minimum absolute atomic E-state index is 0.0114. The predicted octanol–water partition coefficient (Wildman–Crippen LogP) is 10.6. The maximum atomic E-state index is 17.6. The zero-order valence-electron chi connectivity index (χ0n) is 37.4. The molecule has 3 aliphatic rings. The average molecular weight is 855 g/mol. The molecule has 3 saturated heterocycles. The Hall–Kier alpha value is -4.67. The minimum Gasteiger partial charge on any atom is -0.461 e. The van der Waals surface area contributed by atoms with Crippen molar-refractivity contribution in [3.05, 3.63) is 66.4 Å². The molecule has 9 nitrogen and oxygen atoms in total. The summed E-state index contributed by atoms with van der Waals surface area (Å²) < 4.78 is 60.6. The van der Waals surface area contributed by atoms with Crippen molar-refractivity contribution in [3.8, 4) is 28.7 Å². The summed E-state index contributed by atoms with van der Waals surface area (Å²) in [5.74, 6) is 2.47. The fourth-order valence-electron chi connectivity index (χ4n) is 10.7. The van der Waals surface area contributed by atoms with Crippen LogP contribution in [0, 0.1) is 23.1 Å². The molecule has 2 aromatic carbocycles. The number of likely N-dealkylation sites (N-methyl/N-ethyl adjacent to an activating group) is 1. The summed E-state index contributed by atoms with van der Waals surface area (Å²) in [6.07, 6.45) is 4.46. The van der Waals surface area contributed by atoms with Gasteiger partial charge in [-0.2, -0.15) is 9.97 Å². The summed E-state index contributed by atoms with van der Waals surface area (Å²) >= 11 is 0. The van der Waals surface area contributed by atoms with Gasteiger partial charge in [-0.3, -0.25) is 14.8 Å². The van der Waals surface area contributed by atoms with Gasteiger partial charge in [-0.05, 0) is 74.7 Å². The van der Waals surface area contributed by atoms with Gasteiger partial charge in [0.15, 0.2) is 5.82 Å². The number of hydrogen-bond acceptors (Lipinski definition) is 8. The molecular weight excluding hydrogens is 794 g/mol. The lowest BCUT2D eigenvalue weighted by molar-refractivity contribution is 0.0251. The molecule has 5 heterocycles. The topological polar surface area (TPSA) is 83.9 Å². The highest BCUT2D eigenvalue weighted by Crippen LogP contribution is 2.43. The van der Waals surface area contributed by atoms with Crippen molar-refractivity contribution >= 4 is 41.7 Å². The number of alkyl halides is 1. The monoisotopic (exact) mass is 854 g/mol. The number of nitrogens with zero attached hydrogens (tertiary/aromatic N) is 6. The third kappa shape index (κ3) is 8.11. The molecule has 13 heteroatoms. The van der Waals surface area contributed by atoms with Gasteiger partial charge < -0.3 is 14.4 Å². The predicted molar refractivity (Wildman–Crippen MR) is 240 cm³/mol. The first-order chi connectivity index (χ1) is 28.8. The number of pyridine rings is 1. The van der Waals surface area contributed by atoms with Gasteiger partial charge in [0.25, 0.3) is 0 Å². The van der Waals surface area contributed by atoms with Crippen LogP contribution in [-0.2, 0) is 4.74 Å². The Morgan fingerprint density at radius 3 is 2.48 bits per heavy atom. The molecule has 1 amide bonds. The standard InChI is InChI=1S/C48H61F3N6O3Si/c1-12-38-39(19-23-57(38)46(58)60-47(8,9)10)55(11)44-36-26-52-42(41(51)43(36)53-45(54-44)59-28-48-21-14-22-56(48)27-33(49)25-48)35-16-13-15-32-17-18-37(50)34(40(32)35)20-24-61(29(2)3,30(4)5)31(6)7/h12-13,15-18,26,29-31,33,38-39H,1,14,19,21-23,25,27-28H2,2-11H3/t33-,38-,39-,48+/m1/s1. The third-order valence-corrected chi connectivity index (χ3v) is 19.8. The zero-order valence-corrected chi connectivity index (χ0v) is 38.4. The average Bonchev–Trinajstić information content (AvgIpc) is 3.89. The van der Waals surface area contributed by atoms with Gasteiger partial charge in [0.1, 0.15) is 49.3 Å². The van der Waals surface area contributed by atoms with Gasteiger partial charge >= 0.3 is 12.1 Å². The fraction of sp³-hybridized carbons (Fsp3) is 0.542. The first-order valence-electron chi connectivity index (χ1n) is 21.8. The Balaban J connectivity index is 1.37. The van der Waals surface area contributed by atoms with Crippen LogP contribution in [-0.4, -0.2) is 102 Å². The number of rotatable bonds is 10. The Morgan fingerprint density at radius 2 is 1.80 bits per heavy atom. The summed E-state index contributed by atoms with van der Waals surface area (Å²) in [4.78, 5) is 33.3. The zero-order chi connectivity index (χ0) is 44.2. The van der Waals surface area contributed by atoms with Gasteiger partial charge in [0.2, 0.25) is 0 Å². The van der Waals surface area contributed by atoms with Crippen LogP contribution in [0.25, 0.3) is 32.9 Å². The molecule has 0 radical (unpaired) electrons. The van der Waals surface area contributed by atoms with Crippen LogP contribution in [0.4, 0.5) is 23.8 Å². The number of amides is 1. The molecular formula is C48H61F3N6O3Si. The SMILES string of the molecule is C=C[C@@H]1[C@H](N(C)c2nc(OC[C@@]34CCCN3C[C@H](F)C4)nc3c(F)c(-c4cccc5ccc(F)c(C#C[Si](C(C)C)(C(C)C)C(C)C)c45)ncc23)CCN1C(=O)OC(C)(C)C. The van der Waals surface area contributed by atoms with Gasteiger partial charge in [-0.15, -0.1) is 12.1 Å². The van der Waals surface area contributed by atoms with E-state index in [-0.39, 0.29) is 35.4 Å². The van der Waals surface area contributed by atoms with Crippen LogP contribution in [0.1, 0.15) is 93.6 Å². The Kier molecular flexibility index (Phi) is 12.3. The van der Waals surface area contributed by atoms with E-state index in [1.165, 1.54) is 6.07 Å². The van der Waals surface area contributed by atoms with Crippen molar-refractivity contribution < 1.29 is 27.4 Å². The van der Waals surface area contributed by atoms with E-state index in [0.717, 1.165) is 19.4 Å². The molecule has 61 heavy (non-hydrogen) atoms. The fourth-order valence-corrected chi connectivity index (χ4v) is 15.9. The smallest absolute Gasteiger partial charge is 0.410 e. The van der Waals surface area contributed by atoms with Crippen molar-refractivity contribution in [1.82, 2.24) is 24.8 Å². The van der Waals surface area contributed by atoms with Crippen molar-refractivity contribution in [3.63, 3.8) is 0 Å². The number of benzene rings is 2. The Bertz CT molecular complexity index is 2370. The van der Waals surface area contributed by atoms with E-state index in [4.69, 9.17) is 24.4 Å². The van der Waals surface area contributed by atoms with E-state index in [2.05, 4.69) is 64.5 Å². The summed E-state index contributed by atoms with van der Waals surface area (Å²) in [6.45, 7) is 24.5. The van der Waals surface area contributed by atoms with Crippen molar-refractivity contribution in [2.45, 2.75) is 134 Å². The number of halogens is 3. The number of carbonyl (C=O) groups is 1. The first kappa shape index (κ1) is 44.4. The minimum atomic E-state index is -2.27. The van der Waals surface area contributed by atoms with Gasteiger partial charge in [0.05, 0.1) is 28.6 Å². The number of hydrogen-bond donors (Lipinski definition) is 0. The number of ether oxygens (including phenoxy) is 2. The van der Waals surface area contributed by atoms with Crippen LogP contribution < -0.4 is 9.64 Å². The third-order valence-electron chi connectivity index (χ3n) is 13.5. The quantitative estimate of drug-likeness (QED) is 0.0886. The molecule has 0 saturated carbocycles. The maximum absolute atomic E-state index is 17.6. The number of aromatic nitrogens is 3. The second-order valence-electron chi connectivity index (χ2n) is 19.2. The number of likely N-dealkylation sites (tertiary alicyclic amines) is 1. The highest BCUT2D eigenvalue weighted by atomic mass is 28.3. The summed E-state index contributed by atoms with van der Waals surface area (Å²) in [6, 6.07) is 7.71. The number of fused-ring (bicyclic) bond motifs is 3. The molecule has 4 aromatic rings. The maximum Gasteiger partial charge on any atom is 0.410 e. The molecule has 2 aromatic heterocycles. The molecule has 326 valence electrons. The van der Waals surface area contributed by atoms with E-state index in [1.807, 2.05) is 38.8 Å². The normalized spacial score (nSPS) is 22.0. The van der Waals surface area contributed by atoms with Gasteiger partial charge in [-0.1, -0.05) is 77.8 Å². The van der Waals surface area contributed by atoms with Crippen molar-refractivity contribution in [1.29, 1.82) is 0 Å². The first-order valence-corrected chi connectivity index (χ1v) is 24.0. The van der Waals surface area contributed by atoms with E-state index >= 15 is 8.78 Å². The van der Waals surface area contributed by atoms with E-state index in [1.54, 1.807) is 35.4 Å². The highest BCUT2D eigenvalue weighted by molar-refractivity contribution is 6.90. The molecule has 3 aliphatic heterocycles.